The third-order valence-corrected chi connectivity index (χ3v) is 7.13. The Bertz CT molecular complexity index is 1270. The molecule has 204 valence electrons. The number of carbonyl (C=O) groups is 2. The number of carbonyl (C=O) groups excluding carboxylic acids is 2. The van der Waals surface area contributed by atoms with Gasteiger partial charge in [-0.05, 0) is 67.4 Å². The quantitative estimate of drug-likeness (QED) is 0.439. The van der Waals surface area contributed by atoms with Crippen LogP contribution >= 0.6 is 0 Å². The lowest BCUT2D eigenvalue weighted by molar-refractivity contribution is -0.132. The average Bonchev–Trinajstić information content (AvgIpc) is 3.50. The third kappa shape index (κ3) is 6.51. The molecule has 1 aromatic heterocycles. The van der Waals surface area contributed by atoms with Crippen molar-refractivity contribution in [2.75, 3.05) is 57.9 Å². The van der Waals surface area contributed by atoms with Crippen LogP contribution in [0.3, 0.4) is 0 Å². The summed E-state index contributed by atoms with van der Waals surface area (Å²) in [5, 5.41) is 8.79. The van der Waals surface area contributed by atoms with Crippen LogP contribution in [0.4, 0.5) is 10.2 Å². The molecular weight excluding hydrogens is 501 g/mol. The van der Waals surface area contributed by atoms with Crippen molar-refractivity contribution in [1.82, 2.24) is 20.0 Å². The number of ether oxygens (including phenoxy) is 2. The summed E-state index contributed by atoms with van der Waals surface area (Å²) in [6.45, 7) is 3.08. The average molecular weight is 534 g/mol. The number of methoxy groups -OCH3 is 1. The van der Waals surface area contributed by atoms with E-state index in [4.69, 9.17) is 9.47 Å². The number of rotatable bonds is 8. The number of anilines is 1. The van der Waals surface area contributed by atoms with Gasteiger partial charge in [0.05, 0.1) is 18.9 Å². The number of piperazine rings is 1. The van der Waals surface area contributed by atoms with E-state index in [2.05, 4.69) is 15.1 Å². The van der Waals surface area contributed by atoms with Crippen molar-refractivity contribution in [3.8, 4) is 17.0 Å². The first-order valence-electron chi connectivity index (χ1n) is 13.2. The lowest BCUT2D eigenvalue weighted by Crippen LogP contribution is -2.52. The summed E-state index contributed by atoms with van der Waals surface area (Å²) >= 11 is 0. The van der Waals surface area contributed by atoms with Gasteiger partial charge in [-0.25, -0.2) is 4.39 Å². The molecule has 3 heterocycles. The number of aromatic nitrogens is 2. The Hall–Kier alpha value is -4.05. The highest BCUT2D eigenvalue weighted by atomic mass is 19.1. The lowest BCUT2D eigenvalue weighted by atomic mass is 10.1. The van der Waals surface area contributed by atoms with Crippen LogP contribution in [0, 0.1) is 5.82 Å². The summed E-state index contributed by atoms with van der Waals surface area (Å²) in [7, 11) is 1.63. The maximum atomic E-state index is 13.8. The first kappa shape index (κ1) is 26.6. The van der Waals surface area contributed by atoms with Crippen LogP contribution in [0.15, 0.2) is 60.7 Å². The van der Waals surface area contributed by atoms with E-state index in [9.17, 15) is 14.0 Å². The van der Waals surface area contributed by atoms with Gasteiger partial charge in [-0.15, -0.1) is 10.2 Å². The van der Waals surface area contributed by atoms with E-state index < -0.39 is 5.82 Å². The molecule has 3 aromatic rings. The number of nitrogens with zero attached hydrogens (tertiary/aromatic N) is 5. The van der Waals surface area contributed by atoms with E-state index >= 15 is 0 Å². The summed E-state index contributed by atoms with van der Waals surface area (Å²) in [6.07, 6.45) is 1.64. The Morgan fingerprint density at radius 3 is 2.49 bits per heavy atom. The largest absolute Gasteiger partial charge is 0.497 e. The monoisotopic (exact) mass is 533 g/mol. The van der Waals surface area contributed by atoms with E-state index in [0.717, 1.165) is 35.7 Å². The lowest BCUT2D eigenvalue weighted by Gasteiger charge is -2.36. The Kier molecular flexibility index (Phi) is 8.31. The molecule has 0 saturated carbocycles. The van der Waals surface area contributed by atoms with Crippen molar-refractivity contribution in [2.45, 2.75) is 18.9 Å². The molecule has 2 saturated heterocycles. The summed E-state index contributed by atoms with van der Waals surface area (Å²) in [4.78, 5) is 31.8. The molecule has 0 spiro atoms. The number of hydrogen-bond acceptors (Lipinski definition) is 7. The maximum Gasteiger partial charge on any atom is 0.254 e. The molecule has 2 amide bonds. The molecule has 0 aliphatic carbocycles. The van der Waals surface area contributed by atoms with Gasteiger partial charge in [-0.1, -0.05) is 6.07 Å². The van der Waals surface area contributed by atoms with E-state index in [0.29, 0.717) is 39.3 Å². The SMILES string of the molecule is COc1ccc(-c2ccc(N3CCN(C(=O)CN(C[C@@H]4CCCO4)C(=O)c4cccc(F)c4)CC3)nn2)cc1. The molecule has 2 aliphatic heterocycles. The zero-order valence-corrected chi connectivity index (χ0v) is 22.0. The summed E-state index contributed by atoms with van der Waals surface area (Å²) < 4.78 is 24.7. The fraction of sp³-hybridized carbons (Fsp3) is 0.379. The predicted molar refractivity (Wildman–Crippen MR) is 144 cm³/mol. The van der Waals surface area contributed by atoms with Crippen LogP contribution in [0.25, 0.3) is 11.3 Å². The normalized spacial score (nSPS) is 17.2. The molecule has 0 radical (unpaired) electrons. The van der Waals surface area contributed by atoms with Crippen LogP contribution < -0.4 is 9.64 Å². The van der Waals surface area contributed by atoms with Gasteiger partial charge in [0.15, 0.2) is 5.82 Å². The first-order chi connectivity index (χ1) is 19.0. The minimum absolute atomic E-state index is 0.0778. The van der Waals surface area contributed by atoms with Crippen molar-refractivity contribution >= 4 is 17.6 Å². The topological polar surface area (TPSA) is 88.1 Å². The van der Waals surface area contributed by atoms with Crippen molar-refractivity contribution in [2.24, 2.45) is 0 Å². The Morgan fingerprint density at radius 1 is 1.05 bits per heavy atom. The Balaban J connectivity index is 1.19. The fourth-order valence-corrected chi connectivity index (χ4v) is 4.92. The summed E-state index contributed by atoms with van der Waals surface area (Å²) in [6, 6.07) is 17.1. The van der Waals surface area contributed by atoms with Gasteiger partial charge < -0.3 is 24.2 Å². The van der Waals surface area contributed by atoms with Gasteiger partial charge in [0.2, 0.25) is 5.91 Å². The molecule has 1 atom stereocenters. The van der Waals surface area contributed by atoms with Gasteiger partial charge in [0, 0.05) is 50.5 Å². The third-order valence-electron chi connectivity index (χ3n) is 7.13. The van der Waals surface area contributed by atoms with E-state index in [1.807, 2.05) is 36.4 Å². The number of hydrogen-bond donors (Lipinski definition) is 0. The molecule has 2 aliphatic rings. The molecule has 5 rings (SSSR count). The fourth-order valence-electron chi connectivity index (χ4n) is 4.92. The molecule has 10 heteroatoms. The minimum atomic E-state index is -0.486. The van der Waals surface area contributed by atoms with Gasteiger partial charge in [0.25, 0.3) is 5.91 Å². The zero-order chi connectivity index (χ0) is 27.2. The second-order valence-electron chi connectivity index (χ2n) is 9.70. The van der Waals surface area contributed by atoms with Crippen LogP contribution in [-0.2, 0) is 9.53 Å². The molecule has 39 heavy (non-hydrogen) atoms. The Morgan fingerprint density at radius 2 is 1.85 bits per heavy atom. The smallest absolute Gasteiger partial charge is 0.254 e. The van der Waals surface area contributed by atoms with Crippen molar-refractivity contribution in [1.29, 1.82) is 0 Å². The van der Waals surface area contributed by atoms with Gasteiger partial charge in [-0.2, -0.15) is 0 Å². The Labute approximate surface area is 227 Å². The molecule has 0 unspecified atom stereocenters. The van der Waals surface area contributed by atoms with E-state index in [-0.39, 0.29) is 30.0 Å². The van der Waals surface area contributed by atoms with Crippen molar-refractivity contribution in [3.05, 3.63) is 72.0 Å². The van der Waals surface area contributed by atoms with Crippen LogP contribution in [0.5, 0.6) is 5.75 Å². The molecule has 0 bridgehead atoms. The van der Waals surface area contributed by atoms with E-state index in [1.165, 1.54) is 23.1 Å². The maximum absolute atomic E-state index is 13.8. The van der Waals surface area contributed by atoms with Crippen LogP contribution in [0.2, 0.25) is 0 Å². The van der Waals surface area contributed by atoms with E-state index in [1.54, 1.807) is 18.1 Å². The summed E-state index contributed by atoms with van der Waals surface area (Å²) in [5.74, 6) is 0.535. The van der Waals surface area contributed by atoms with Crippen molar-refractivity contribution < 1.29 is 23.5 Å². The standard InChI is InChI=1S/C29H32FN5O4/c1-38-24-9-7-21(8-10-24)26-11-12-27(32-31-26)33-13-15-34(16-14-33)28(36)20-35(19-25-6-3-17-39-25)29(37)22-4-2-5-23(30)18-22/h2,4-5,7-12,18,25H,3,6,13-17,19-20H2,1H3/t25-/m0/s1. The molecule has 9 nitrogen and oxygen atoms in total. The molecule has 2 aromatic carbocycles. The molecule has 0 N–H and O–H groups in total. The highest BCUT2D eigenvalue weighted by Gasteiger charge is 2.29. The van der Waals surface area contributed by atoms with Crippen LogP contribution in [-0.4, -0.2) is 90.9 Å². The van der Waals surface area contributed by atoms with Gasteiger partial charge >= 0.3 is 0 Å². The highest BCUT2D eigenvalue weighted by molar-refractivity contribution is 5.96. The molecule has 2 fully saturated rings. The number of benzene rings is 2. The zero-order valence-electron chi connectivity index (χ0n) is 22.0. The van der Waals surface area contributed by atoms with Crippen LogP contribution in [0.1, 0.15) is 23.2 Å². The first-order valence-corrected chi connectivity index (χ1v) is 13.2. The molecular formula is C29H32FN5O4. The minimum Gasteiger partial charge on any atom is -0.497 e. The van der Waals surface area contributed by atoms with Gasteiger partial charge in [-0.3, -0.25) is 9.59 Å². The highest BCUT2D eigenvalue weighted by Crippen LogP contribution is 2.22. The summed E-state index contributed by atoms with van der Waals surface area (Å²) in [5.41, 5.74) is 1.94. The number of amides is 2. The van der Waals surface area contributed by atoms with Crippen molar-refractivity contribution in [3.63, 3.8) is 0 Å². The van der Waals surface area contributed by atoms with Gasteiger partial charge in [0.1, 0.15) is 18.1 Å². The predicted octanol–water partition coefficient (Wildman–Crippen LogP) is 3.26. The number of halogens is 1. The second kappa shape index (κ2) is 12.2. The second-order valence-corrected chi connectivity index (χ2v) is 9.70.